The van der Waals surface area contributed by atoms with Gasteiger partial charge in [0.2, 0.25) is 5.91 Å². The Morgan fingerprint density at radius 1 is 1.09 bits per heavy atom. The standard InChI is InChI=1S/C24H25N5O4/c1-27(22-12-11-21(29(31)32)24(26-22)18-5-3-2-4-6-18)17-23(30)25-19-7-9-20(10-8-19)28-13-15-33-16-14-28/h2-12H,13-17H2,1H3,(H,25,30). The number of nitrogens with zero attached hydrogens (tertiary/aromatic N) is 4. The minimum Gasteiger partial charge on any atom is -0.378 e. The fraction of sp³-hybridized carbons (Fsp3) is 0.250. The summed E-state index contributed by atoms with van der Waals surface area (Å²) >= 11 is 0. The number of aromatic nitrogens is 1. The van der Waals surface area contributed by atoms with E-state index in [1.807, 2.05) is 30.3 Å². The van der Waals surface area contributed by atoms with Gasteiger partial charge in [-0.05, 0) is 30.3 Å². The van der Waals surface area contributed by atoms with Gasteiger partial charge in [0.05, 0.1) is 24.7 Å². The van der Waals surface area contributed by atoms with E-state index in [1.54, 1.807) is 42.3 Å². The first-order chi connectivity index (χ1) is 16.0. The fourth-order valence-corrected chi connectivity index (χ4v) is 3.68. The lowest BCUT2D eigenvalue weighted by Crippen LogP contribution is -2.36. The van der Waals surface area contributed by atoms with Crippen LogP contribution in [0.1, 0.15) is 0 Å². The van der Waals surface area contributed by atoms with Crippen LogP contribution in [0, 0.1) is 10.1 Å². The molecule has 2 aromatic carbocycles. The first-order valence-corrected chi connectivity index (χ1v) is 10.7. The molecule has 0 atom stereocenters. The van der Waals surface area contributed by atoms with Gasteiger partial charge in [0.1, 0.15) is 5.82 Å². The summed E-state index contributed by atoms with van der Waals surface area (Å²) in [4.78, 5) is 32.0. The average Bonchev–Trinajstić information content (AvgIpc) is 2.85. The zero-order valence-corrected chi connectivity index (χ0v) is 18.3. The van der Waals surface area contributed by atoms with E-state index >= 15 is 0 Å². The number of amides is 1. The number of carbonyl (C=O) groups excluding carboxylic acids is 1. The van der Waals surface area contributed by atoms with E-state index < -0.39 is 4.92 Å². The fourth-order valence-electron chi connectivity index (χ4n) is 3.68. The predicted molar refractivity (Wildman–Crippen MR) is 128 cm³/mol. The smallest absolute Gasteiger partial charge is 0.295 e. The molecule has 3 aromatic rings. The van der Waals surface area contributed by atoms with Gasteiger partial charge >= 0.3 is 0 Å². The molecule has 1 aromatic heterocycles. The molecule has 1 N–H and O–H groups in total. The van der Waals surface area contributed by atoms with Crippen molar-refractivity contribution in [3.05, 3.63) is 76.8 Å². The second-order valence-corrected chi connectivity index (χ2v) is 7.71. The lowest BCUT2D eigenvalue weighted by Gasteiger charge is -2.28. The number of rotatable bonds is 7. The predicted octanol–water partition coefficient (Wildman–Crippen LogP) is 3.57. The minimum absolute atomic E-state index is 0.0459. The molecular formula is C24H25N5O4. The van der Waals surface area contributed by atoms with Crippen molar-refractivity contribution in [2.75, 3.05) is 55.0 Å². The van der Waals surface area contributed by atoms with E-state index in [0.29, 0.717) is 30.3 Å². The molecule has 1 fully saturated rings. The lowest BCUT2D eigenvalue weighted by molar-refractivity contribution is -0.384. The highest BCUT2D eigenvalue weighted by Crippen LogP contribution is 2.30. The van der Waals surface area contributed by atoms with Crippen molar-refractivity contribution in [1.82, 2.24) is 4.98 Å². The number of nitrogens with one attached hydrogen (secondary N) is 1. The molecule has 1 aliphatic heterocycles. The maximum atomic E-state index is 12.6. The summed E-state index contributed by atoms with van der Waals surface area (Å²) in [5.41, 5.74) is 2.63. The van der Waals surface area contributed by atoms with Crippen LogP contribution in [0.2, 0.25) is 0 Å². The average molecular weight is 447 g/mol. The molecule has 1 aliphatic rings. The van der Waals surface area contributed by atoms with Crippen molar-refractivity contribution in [3.63, 3.8) is 0 Å². The number of benzene rings is 2. The van der Waals surface area contributed by atoms with Crippen LogP contribution in [0.25, 0.3) is 11.3 Å². The third-order valence-electron chi connectivity index (χ3n) is 5.40. The number of anilines is 3. The third kappa shape index (κ3) is 5.45. The van der Waals surface area contributed by atoms with Gasteiger partial charge in [-0.2, -0.15) is 0 Å². The molecule has 170 valence electrons. The van der Waals surface area contributed by atoms with E-state index in [2.05, 4.69) is 15.2 Å². The minimum atomic E-state index is -0.452. The van der Waals surface area contributed by atoms with Gasteiger partial charge in [-0.25, -0.2) is 4.98 Å². The third-order valence-corrected chi connectivity index (χ3v) is 5.40. The van der Waals surface area contributed by atoms with Gasteiger partial charge in [-0.15, -0.1) is 0 Å². The normalized spacial score (nSPS) is 13.4. The number of carbonyl (C=O) groups is 1. The Bertz CT molecular complexity index is 1120. The summed E-state index contributed by atoms with van der Waals surface area (Å²) in [6.07, 6.45) is 0. The van der Waals surface area contributed by atoms with Crippen LogP contribution >= 0.6 is 0 Å². The Morgan fingerprint density at radius 2 is 1.79 bits per heavy atom. The molecular weight excluding hydrogens is 422 g/mol. The monoisotopic (exact) mass is 447 g/mol. The first-order valence-electron chi connectivity index (χ1n) is 10.7. The molecule has 1 saturated heterocycles. The van der Waals surface area contributed by atoms with Crippen molar-refractivity contribution in [3.8, 4) is 11.3 Å². The largest absolute Gasteiger partial charge is 0.378 e. The molecule has 0 spiro atoms. The topological polar surface area (TPSA) is 101 Å². The van der Waals surface area contributed by atoms with Crippen LogP contribution in [0.3, 0.4) is 0 Å². The molecule has 9 nitrogen and oxygen atoms in total. The summed E-state index contributed by atoms with van der Waals surface area (Å²) in [6, 6.07) is 19.7. The molecule has 9 heteroatoms. The molecule has 1 amide bonds. The molecule has 33 heavy (non-hydrogen) atoms. The van der Waals surface area contributed by atoms with Crippen LogP contribution in [0.4, 0.5) is 22.9 Å². The van der Waals surface area contributed by atoms with Gasteiger partial charge in [0, 0.05) is 43.1 Å². The Balaban J connectivity index is 1.43. The number of nitro groups is 1. The van der Waals surface area contributed by atoms with Crippen molar-refractivity contribution >= 4 is 28.8 Å². The number of morpholine rings is 1. The Hall–Kier alpha value is -3.98. The second kappa shape index (κ2) is 10.1. The molecule has 0 unspecified atom stereocenters. The number of pyridine rings is 1. The van der Waals surface area contributed by atoms with Gasteiger partial charge in [-0.3, -0.25) is 14.9 Å². The summed E-state index contributed by atoms with van der Waals surface area (Å²) in [5, 5.41) is 14.3. The number of ether oxygens (including phenoxy) is 1. The summed E-state index contributed by atoms with van der Waals surface area (Å²) in [6.45, 7) is 3.18. The van der Waals surface area contributed by atoms with E-state index in [9.17, 15) is 14.9 Å². The molecule has 0 bridgehead atoms. The zero-order valence-electron chi connectivity index (χ0n) is 18.3. The van der Waals surface area contributed by atoms with Crippen molar-refractivity contribution in [2.45, 2.75) is 0 Å². The quantitative estimate of drug-likeness (QED) is 0.436. The van der Waals surface area contributed by atoms with E-state index in [-0.39, 0.29) is 23.8 Å². The van der Waals surface area contributed by atoms with Gasteiger partial charge in [-0.1, -0.05) is 30.3 Å². The Morgan fingerprint density at radius 3 is 2.45 bits per heavy atom. The number of hydrogen-bond acceptors (Lipinski definition) is 7. The van der Waals surface area contributed by atoms with Crippen molar-refractivity contribution in [1.29, 1.82) is 0 Å². The lowest BCUT2D eigenvalue weighted by atomic mass is 10.1. The van der Waals surface area contributed by atoms with Gasteiger partial charge in [0.25, 0.3) is 5.69 Å². The summed E-state index contributed by atoms with van der Waals surface area (Å²) < 4.78 is 5.38. The summed E-state index contributed by atoms with van der Waals surface area (Å²) in [5.74, 6) is 0.260. The highest BCUT2D eigenvalue weighted by atomic mass is 16.6. The van der Waals surface area contributed by atoms with E-state index in [0.717, 1.165) is 18.8 Å². The second-order valence-electron chi connectivity index (χ2n) is 7.71. The van der Waals surface area contributed by atoms with Crippen molar-refractivity contribution < 1.29 is 14.5 Å². The number of likely N-dealkylation sites (N-methyl/N-ethyl adjacent to an activating group) is 1. The highest BCUT2D eigenvalue weighted by molar-refractivity contribution is 5.94. The van der Waals surface area contributed by atoms with Crippen molar-refractivity contribution in [2.24, 2.45) is 0 Å². The van der Waals surface area contributed by atoms with E-state index in [4.69, 9.17) is 4.74 Å². The molecule has 0 saturated carbocycles. The van der Waals surface area contributed by atoms with Crippen LogP contribution in [-0.2, 0) is 9.53 Å². The summed E-state index contributed by atoms with van der Waals surface area (Å²) in [7, 11) is 1.73. The van der Waals surface area contributed by atoms with Crippen LogP contribution in [-0.4, -0.2) is 55.7 Å². The molecule has 2 heterocycles. The van der Waals surface area contributed by atoms with E-state index in [1.165, 1.54) is 6.07 Å². The Kier molecular flexibility index (Phi) is 6.80. The van der Waals surface area contributed by atoms with Crippen LogP contribution in [0.15, 0.2) is 66.7 Å². The van der Waals surface area contributed by atoms with Gasteiger partial charge < -0.3 is 19.9 Å². The highest BCUT2D eigenvalue weighted by Gasteiger charge is 2.19. The Labute approximate surface area is 191 Å². The zero-order chi connectivity index (χ0) is 23.2. The SMILES string of the molecule is CN(CC(=O)Nc1ccc(N2CCOCC2)cc1)c1ccc([N+](=O)[O-])c(-c2ccccc2)n1. The van der Waals surface area contributed by atoms with Crippen LogP contribution in [0.5, 0.6) is 0 Å². The molecule has 0 aliphatic carbocycles. The number of hydrogen-bond donors (Lipinski definition) is 1. The maximum absolute atomic E-state index is 12.6. The van der Waals surface area contributed by atoms with Gasteiger partial charge in [0.15, 0.2) is 5.69 Å². The first kappa shape index (κ1) is 22.2. The maximum Gasteiger partial charge on any atom is 0.295 e. The van der Waals surface area contributed by atoms with Crippen LogP contribution < -0.4 is 15.1 Å². The molecule has 0 radical (unpaired) electrons. The molecule has 4 rings (SSSR count).